The lowest BCUT2D eigenvalue weighted by Crippen LogP contribution is -2.24. The summed E-state index contributed by atoms with van der Waals surface area (Å²) in [5.41, 5.74) is 0.685. The minimum absolute atomic E-state index is 0.00727. The highest BCUT2D eigenvalue weighted by Crippen LogP contribution is 2.06. The van der Waals surface area contributed by atoms with Crippen LogP contribution in [0.5, 0.6) is 0 Å². The number of nitrogens with zero attached hydrogens (tertiary/aromatic N) is 4. The lowest BCUT2D eigenvalue weighted by Gasteiger charge is -2.05. The van der Waals surface area contributed by atoms with Crippen molar-refractivity contribution in [3.63, 3.8) is 0 Å². The van der Waals surface area contributed by atoms with Crippen LogP contribution in [-0.2, 0) is 6.54 Å². The fraction of sp³-hybridized carbons (Fsp3) is 0.583. The molecular weight excluding hydrogens is 230 g/mol. The van der Waals surface area contributed by atoms with Crippen molar-refractivity contribution in [2.45, 2.75) is 46.7 Å². The number of hydrogen-bond donors (Lipinski definition) is 1. The van der Waals surface area contributed by atoms with Gasteiger partial charge in [0.05, 0.1) is 0 Å². The summed E-state index contributed by atoms with van der Waals surface area (Å²) in [6.07, 6.45) is 2.61. The number of aryl methyl sites for hydroxylation is 2. The van der Waals surface area contributed by atoms with Gasteiger partial charge in [0.15, 0.2) is 0 Å². The Morgan fingerprint density at radius 2 is 2.17 bits per heavy atom. The topological polar surface area (TPSA) is 64.2 Å². The summed E-state index contributed by atoms with van der Waals surface area (Å²) >= 11 is 0. The van der Waals surface area contributed by atoms with Crippen LogP contribution in [0.2, 0.25) is 0 Å². The largest absolute Gasteiger partial charge is 0.351 e. The third-order valence-electron chi connectivity index (χ3n) is 2.62. The maximum atomic E-state index is 12.1. The van der Waals surface area contributed by atoms with Gasteiger partial charge in [0.25, 0.3) is 5.56 Å². The van der Waals surface area contributed by atoms with Gasteiger partial charge < -0.3 is 5.32 Å². The van der Waals surface area contributed by atoms with E-state index < -0.39 is 0 Å². The smallest absolute Gasteiger partial charge is 0.257 e. The first-order chi connectivity index (χ1) is 8.52. The predicted octanol–water partition coefficient (Wildman–Crippen LogP) is 1.43. The normalized spacial score (nSPS) is 11.4. The van der Waals surface area contributed by atoms with Crippen molar-refractivity contribution in [1.82, 2.24) is 19.2 Å². The molecule has 2 heterocycles. The van der Waals surface area contributed by atoms with Gasteiger partial charge in [-0.05, 0) is 27.2 Å². The minimum Gasteiger partial charge on any atom is -0.351 e. The quantitative estimate of drug-likeness (QED) is 0.890. The summed E-state index contributed by atoms with van der Waals surface area (Å²) in [6.45, 7) is 8.54. The van der Waals surface area contributed by atoms with Crippen LogP contribution < -0.4 is 10.9 Å². The zero-order valence-electron chi connectivity index (χ0n) is 11.3. The Morgan fingerprint density at radius 1 is 1.44 bits per heavy atom. The van der Waals surface area contributed by atoms with Crippen LogP contribution in [0.1, 0.15) is 32.8 Å². The molecule has 18 heavy (non-hydrogen) atoms. The third-order valence-corrected chi connectivity index (χ3v) is 2.62. The van der Waals surface area contributed by atoms with Gasteiger partial charge in [-0.15, -0.1) is 5.10 Å². The molecule has 0 bridgehead atoms. The molecule has 0 radical (unpaired) electrons. The van der Waals surface area contributed by atoms with E-state index in [0.29, 0.717) is 23.8 Å². The van der Waals surface area contributed by atoms with Crippen LogP contribution in [0.25, 0.3) is 5.78 Å². The van der Waals surface area contributed by atoms with E-state index in [9.17, 15) is 4.79 Å². The number of anilines is 1. The summed E-state index contributed by atoms with van der Waals surface area (Å²) < 4.78 is 3.34. The van der Waals surface area contributed by atoms with Crippen molar-refractivity contribution in [2.75, 3.05) is 5.32 Å². The Labute approximate surface area is 106 Å². The van der Waals surface area contributed by atoms with E-state index in [1.54, 1.807) is 22.2 Å². The van der Waals surface area contributed by atoms with Crippen molar-refractivity contribution in [2.24, 2.45) is 0 Å². The van der Waals surface area contributed by atoms with E-state index >= 15 is 0 Å². The molecule has 2 aromatic rings. The number of aromatic nitrogens is 4. The average molecular weight is 249 g/mol. The number of hydrogen-bond acceptors (Lipinski definition) is 4. The van der Waals surface area contributed by atoms with E-state index in [1.807, 2.05) is 20.8 Å². The van der Waals surface area contributed by atoms with Crippen molar-refractivity contribution < 1.29 is 0 Å². The number of rotatable bonds is 4. The van der Waals surface area contributed by atoms with Gasteiger partial charge in [0.1, 0.15) is 0 Å². The molecular formula is C12H19N5O. The van der Waals surface area contributed by atoms with Gasteiger partial charge in [-0.2, -0.15) is 4.98 Å². The van der Waals surface area contributed by atoms with Crippen LogP contribution in [0.3, 0.4) is 0 Å². The highest BCUT2D eigenvalue weighted by molar-refractivity contribution is 5.38. The molecule has 0 saturated carbocycles. The first-order valence-electron chi connectivity index (χ1n) is 6.26. The molecule has 0 fully saturated rings. The second-order valence-corrected chi connectivity index (χ2v) is 4.75. The van der Waals surface area contributed by atoms with Gasteiger partial charge in [0, 0.05) is 24.3 Å². The molecule has 0 amide bonds. The van der Waals surface area contributed by atoms with Crippen LogP contribution in [-0.4, -0.2) is 25.2 Å². The molecule has 6 heteroatoms. The van der Waals surface area contributed by atoms with Crippen molar-refractivity contribution in [3.05, 3.63) is 22.1 Å². The van der Waals surface area contributed by atoms with E-state index in [1.165, 1.54) is 0 Å². The molecule has 6 nitrogen and oxygen atoms in total. The fourth-order valence-corrected chi connectivity index (χ4v) is 1.87. The summed E-state index contributed by atoms with van der Waals surface area (Å²) in [4.78, 5) is 16.4. The van der Waals surface area contributed by atoms with Crippen LogP contribution in [0, 0.1) is 6.92 Å². The van der Waals surface area contributed by atoms with Gasteiger partial charge in [-0.25, -0.2) is 4.52 Å². The van der Waals surface area contributed by atoms with Crippen LogP contribution in [0.4, 0.5) is 5.95 Å². The Hall–Kier alpha value is -1.85. The summed E-state index contributed by atoms with van der Waals surface area (Å²) in [6, 6.07) is 0.259. The maximum absolute atomic E-state index is 12.1. The van der Waals surface area contributed by atoms with Gasteiger partial charge >= 0.3 is 0 Å². The molecule has 0 aromatic carbocycles. The van der Waals surface area contributed by atoms with E-state index in [-0.39, 0.29) is 11.6 Å². The van der Waals surface area contributed by atoms with E-state index in [0.717, 1.165) is 6.42 Å². The minimum atomic E-state index is 0.00727. The average Bonchev–Trinajstić information content (AvgIpc) is 2.66. The monoisotopic (exact) mass is 249 g/mol. The van der Waals surface area contributed by atoms with Crippen LogP contribution in [0.15, 0.2) is 11.0 Å². The van der Waals surface area contributed by atoms with Crippen molar-refractivity contribution >= 4 is 11.7 Å². The first kappa shape index (κ1) is 12.6. The molecule has 0 saturated heterocycles. The van der Waals surface area contributed by atoms with E-state index in [4.69, 9.17) is 0 Å². The summed E-state index contributed by atoms with van der Waals surface area (Å²) in [5.74, 6) is 1.15. The Balaban J connectivity index is 2.60. The number of fused-ring (bicyclic) bond motifs is 1. The highest BCUT2D eigenvalue weighted by atomic mass is 16.1. The molecule has 2 rings (SSSR count). The third kappa shape index (κ3) is 2.23. The number of nitrogens with one attached hydrogen (secondary N) is 1. The summed E-state index contributed by atoms with van der Waals surface area (Å²) in [7, 11) is 0. The Bertz CT molecular complexity index is 611. The molecule has 0 aliphatic carbocycles. The zero-order valence-corrected chi connectivity index (χ0v) is 11.3. The van der Waals surface area contributed by atoms with Crippen LogP contribution >= 0.6 is 0 Å². The lowest BCUT2D eigenvalue weighted by molar-refractivity contribution is 0.646. The molecule has 0 aliphatic heterocycles. The molecule has 0 atom stereocenters. The second-order valence-electron chi connectivity index (χ2n) is 4.75. The maximum Gasteiger partial charge on any atom is 0.257 e. The van der Waals surface area contributed by atoms with Gasteiger partial charge in [-0.3, -0.25) is 9.36 Å². The SMILES string of the molecule is CCCn1c(=O)c(C)cn2nc(NC(C)C)nc12. The standard InChI is InChI=1S/C12H19N5O/c1-5-6-16-10(18)9(4)7-17-12(16)14-11(15-17)13-8(2)3/h7-8H,5-6H2,1-4H3,(H,13,15). The molecule has 0 spiro atoms. The molecule has 98 valence electrons. The van der Waals surface area contributed by atoms with Crippen molar-refractivity contribution in [3.8, 4) is 0 Å². The Kier molecular flexibility index (Phi) is 3.36. The second kappa shape index (κ2) is 4.80. The Morgan fingerprint density at radius 3 is 2.78 bits per heavy atom. The van der Waals surface area contributed by atoms with E-state index in [2.05, 4.69) is 15.4 Å². The van der Waals surface area contributed by atoms with Gasteiger partial charge in [0.2, 0.25) is 11.7 Å². The van der Waals surface area contributed by atoms with Gasteiger partial charge in [-0.1, -0.05) is 6.92 Å². The fourth-order valence-electron chi connectivity index (χ4n) is 1.87. The zero-order chi connectivity index (χ0) is 13.3. The molecule has 1 N–H and O–H groups in total. The highest BCUT2D eigenvalue weighted by Gasteiger charge is 2.11. The molecule has 2 aromatic heterocycles. The molecule has 0 unspecified atom stereocenters. The molecule has 0 aliphatic rings. The predicted molar refractivity (Wildman–Crippen MR) is 71.0 cm³/mol. The summed E-state index contributed by atoms with van der Waals surface area (Å²) in [5, 5.41) is 7.48. The lowest BCUT2D eigenvalue weighted by atomic mass is 10.3. The first-order valence-corrected chi connectivity index (χ1v) is 6.26. The van der Waals surface area contributed by atoms with Crippen molar-refractivity contribution in [1.29, 1.82) is 0 Å².